The number of esters is 1. The summed E-state index contributed by atoms with van der Waals surface area (Å²) in [6, 6.07) is 0.184. The molecule has 0 radical (unpaired) electrons. The van der Waals surface area contributed by atoms with E-state index >= 15 is 0 Å². The minimum Gasteiger partial charge on any atom is -0.468 e. The van der Waals surface area contributed by atoms with E-state index in [1.807, 2.05) is 13.8 Å². The first-order valence-electron chi connectivity index (χ1n) is 4.08. The van der Waals surface area contributed by atoms with E-state index in [1.165, 1.54) is 7.11 Å². The van der Waals surface area contributed by atoms with E-state index < -0.39 is 0 Å². The van der Waals surface area contributed by atoms with Gasteiger partial charge in [0.05, 0.1) is 20.3 Å². The molecular formula is C8H17NO3. The Morgan fingerprint density at radius 2 is 2.25 bits per heavy atom. The molecular weight excluding hydrogens is 158 g/mol. The number of ether oxygens (including phenoxy) is 2. The summed E-state index contributed by atoms with van der Waals surface area (Å²) >= 11 is 0. The molecule has 0 aliphatic carbocycles. The molecule has 0 aromatic heterocycles. The highest BCUT2D eigenvalue weighted by molar-refractivity contribution is 5.71. The normalized spacial score (nSPS) is 12.6. The Balaban J connectivity index is 3.30. The molecule has 0 aliphatic rings. The van der Waals surface area contributed by atoms with Gasteiger partial charge in [-0.05, 0) is 13.8 Å². The van der Waals surface area contributed by atoms with Crippen molar-refractivity contribution in [3.8, 4) is 0 Å². The maximum Gasteiger partial charge on any atom is 0.319 e. The lowest BCUT2D eigenvalue weighted by molar-refractivity contribution is -0.139. The zero-order valence-corrected chi connectivity index (χ0v) is 7.92. The van der Waals surface area contributed by atoms with Gasteiger partial charge in [-0.25, -0.2) is 0 Å². The second-order valence-electron chi connectivity index (χ2n) is 2.52. The summed E-state index contributed by atoms with van der Waals surface area (Å²) in [4.78, 5) is 10.7. The van der Waals surface area contributed by atoms with Gasteiger partial charge in [0.2, 0.25) is 0 Å². The Labute approximate surface area is 73.2 Å². The molecule has 0 amide bonds. The quantitative estimate of drug-likeness (QED) is 0.585. The molecule has 4 nitrogen and oxygen atoms in total. The van der Waals surface area contributed by atoms with Crippen LogP contribution >= 0.6 is 0 Å². The molecule has 0 heterocycles. The second kappa shape index (κ2) is 7.06. The second-order valence-corrected chi connectivity index (χ2v) is 2.52. The van der Waals surface area contributed by atoms with Crippen LogP contribution in [-0.2, 0) is 14.3 Å². The van der Waals surface area contributed by atoms with Gasteiger partial charge in [-0.2, -0.15) is 0 Å². The van der Waals surface area contributed by atoms with Crippen LogP contribution in [0.4, 0.5) is 0 Å². The molecule has 0 aromatic rings. The number of nitrogens with one attached hydrogen (secondary N) is 1. The number of hydrogen-bond acceptors (Lipinski definition) is 4. The van der Waals surface area contributed by atoms with Crippen molar-refractivity contribution >= 4 is 5.97 Å². The standard InChI is InChI=1S/C8H17NO3/c1-4-12-6-7(2)9-5-8(10)11-3/h7,9H,4-6H2,1-3H3. The van der Waals surface area contributed by atoms with E-state index in [0.717, 1.165) is 0 Å². The summed E-state index contributed by atoms with van der Waals surface area (Å²) in [6.45, 7) is 5.45. The average molecular weight is 175 g/mol. The average Bonchev–Trinajstić information content (AvgIpc) is 2.10. The molecule has 0 aromatic carbocycles. The van der Waals surface area contributed by atoms with Gasteiger partial charge >= 0.3 is 5.97 Å². The molecule has 12 heavy (non-hydrogen) atoms. The van der Waals surface area contributed by atoms with Crippen LogP contribution in [0, 0.1) is 0 Å². The molecule has 0 aliphatic heterocycles. The van der Waals surface area contributed by atoms with Gasteiger partial charge in [0.25, 0.3) is 0 Å². The summed E-state index contributed by atoms with van der Waals surface area (Å²) in [7, 11) is 1.37. The fourth-order valence-electron chi connectivity index (χ4n) is 0.683. The predicted octanol–water partition coefficient (Wildman–Crippen LogP) is 0.174. The van der Waals surface area contributed by atoms with Crippen LogP contribution in [0.2, 0.25) is 0 Å². The van der Waals surface area contributed by atoms with Crippen LogP contribution in [0.1, 0.15) is 13.8 Å². The van der Waals surface area contributed by atoms with Gasteiger partial charge in [-0.15, -0.1) is 0 Å². The molecule has 1 N–H and O–H groups in total. The molecule has 0 fully saturated rings. The van der Waals surface area contributed by atoms with Crippen LogP contribution in [0.15, 0.2) is 0 Å². The van der Waals surface area contributed by atoms with Crippen molar-refractivity contribution in [1.29, 1.82) is 0 Å². The third kappa shape index (κ3) is 6.12. The maximum atomic E-state index is 10.7. The van der Waals surface area contributed by atoms with E-state index in [-0.39, 0.29) is 18.6 Å². The zero-order valence-electron chi connectivity index (χ0n) is 7.92. The van der Waals surface area contributed by atoms with Crippen LogP contribution < -0.4 is 5.32 Å². The minimum absolute atomic E-state index is 0.184. The number of hydrogen-bond donors (Lipinski definition) is 1. The van der Waals surface area contributed by atoms with Crippen molar-refractivity contribution in [3.63, 3.8) is 0 Å². The lowest BCUT2D eigenvalue weighted by atomic mass is 10.3. The van der Waals surface area contributed by atoms with Crippen LogP contribution in [0.25, 0.3) is 0 Å². The number of carbonyl (C=O) groups is 1. The van der Waals surface area contributed by atoms with Gasteiger partial charge in [-0.3, -0.25) is 4.79 Å². The fourth-order valence-corrected chi connectivity index (χ4v) is 0.683. The molecule has 1 unspecified atom stereocenters. The third-order valence-electron chi connectivity index (χ3n) is 1.39. The molecule has 0 saturated heterocycles. The third-order valence-corrected chi connectivity index (χ3v) is 1.39. The highest BCUT2D eigenvalue weighted by Gasteiger charge is 2.04. The molecule has 72 valence electrons. The fraction of sp³-hybridized carbons (Fsp3) is 0.875. The van der Waals surface area contributed by atoms with Gasteiger partial charge in [0, 0.05) is 12.6 Å². The van der Waals surface area contributed by atoms with Crippen LogP contribution in [0.5, 0.6) is 0 Å². The van der Waals surface area contributed by atoms with E-state index in [1.54, 1.807) is 0 Å². The predicted molar refractivity (Wildman–Crippen MR) is 46.0 cm³/mol. The van der Waals surface area contributed by atoms with Crippen LogP contribution in [-0.4, -0.2) is 38.9 Å². The Morgan fingerprint density at radius 3 is 2.75 bits per heavy atom. The van der Waals surface area contributed by atoms with Crippen molar-refractivity contribution in [2.45, 2.75) is 19.9 Å². The zero-order chi connectivity index (χ0) is 9.40. The monoisotopic (exact) mass is 175 g/mol. The summed E-state index contributed by atoms with van der Waals surface area (Å²) in [5.74, 6) is -0.252. The topological polar surface area (TPSA) is 47.6 Å². The number of carbonyl (C=O) groups excluding carboxylic acids is 1. The summed E-state index contributed by atoms with van der Waals surface area (Å²) in [5.41, 5.74) is 0. The molecule has 0 saturated carbocycles. The largest absolute Gasteiger partial charge is 0.468 e. The molecule has 0 bridgehead atoms. The van der Waals surface area contributed by atoms with Crippen molar-refractivity contribution in [2.75, 3.05) is 26.9 Å². The van der Waals surface area contributed by atoms with E-state index in [0.29, 0.717) is 13.2 Å². The molecule has 4 heteroatoms. The SMILES string of the molecule is CCOCC(C)NCC(=O)OC. The summed E-state index contributed by atoms with van der Waals surface area (Å²) < 4.78 is 9.61. The first kappa shape index (κ1) is 11.4. The highest BCUT2D eigenvalue weighted by atomic mass is 16.5. The van der Waals surface area contributed by atoms with Gasteiger partial charge in [-0.1, -0.05) is 0 Å². The Kier molecular flexibility index (Phi) is 6.70. The Bertz CT molecular complexity index is 127. The maximum absolute atomic E-state index is 10.7. The van der Waals surface area contributed by atoms with Crippen molar-refractivity contribution in [2.24, 2.45) is 0 Å². The van der Waals surface area contributed by atoms with Gasteiger partial charge in [0.1, 0.15) is 0 Å². The smallest absolute Gasteiger partial charge is 0.319 e. The number of methoxy groups -OCH3 is 1. The summed E-state index contributed by atoms with van der Waals surface area (Å²) in [5, 5.41) is 2.97. The highest BCUT2D eigenvalue weighted by Crippen LogP contribution is 1.83. The van der Waals surface area contributed by atoms with Crippen molar-refractivity contribution in [1.82, 2.24) is 5.32 Å². The van der Waals surface area contributed by atoms with Crippen molar-refractivity contribution < 1.29 is 14.3 Å². The summed E-state index contributed by atoms with van der Waals surface area (Å²) in [6.07, 6.45) is 0. The lowest BCUT2D eigenvalue weighted by Gasteiger charge is -2.11. The van der Waals surface area contributed by atoms with E-state index in [9.17, 15) is 4.79 Å². The van der Waals surface area contributed by atoms with Crippen molar-refractivity contribution in [3.05, 3.63) is 0 Å². The minimum atomic E-state index is -0.252. The molecule has 1 atom stereocenters. The Hall–Kier alpha value is -0.610. The van der Waals surface area contributed by atoms with E-state index in [2.05, 4.69) is 10.1 Å². The Morgan fingerprint density at radius 1 is 1.58 bits per heavy atom. The number of rotatable bonds is 6. The van der Waals surface area contributed by atoms with Gasteiger partial charge in [0.15, 0.2) is 0 Å². The first-order chi connectivity index (χ1) is 5.70. The lowest BCUT2D eigenvalue weighted by Crippen LogP contribution is -2.35. The van der Waals surface area contributed by atoms with Crippen LogP contribution in [0.3, 0.4) is 0 Å². The molecule has 0 spiro atoms. The van der Waals surface area contributed by atoms with Gasteiger partial charge < -0.3 is 14.8 Å². The first-order valence-corrected chi connectivity index (χ1v) is 4.08. The van der Waals surface area contributed by atoms with E-state index in [4.69, 9.17) is 4.74 Å². The molecule has 0 rings (SSSR count).